The van der Waals surface area contributed by atoms with Gasteiger partial charge in [-0.15, -0.1) is 0 Å². The van der Waals surface area contributed by atoms with Crippen molar-refractivity contribution >= 4 is 5.78 Å². The molecule has 0 saturated heterocycles. The van der Waals surface area contributed by atoms with Gasteiger partial charge in [-0.25, -0.2) is 0 Å². The molecule has 0 aliphatic carbocycles. The van der Waals surface area contributed by atoms with Crippen LogP contribution in [0.2, 0.25) is 0 Å². The number of ketones is 1. The third kappa shape index (κ3) is 9.73. The maximum absolute atomic E-state index is 13.3. The number of phenolic OH excluding ortho intramolecular Hbond substituents is 2. The summed E-state index contributed by atoms with van der Waals surface area (Å²) in [5, 5.41) is 20.7. The fourth-order valence-electron chi connectivity index (χ4n) is 3.90. The molecule has 0 radical (unpaired) electrons. The molecule has 0 saturated carbocycles. The van der Waals surface area contributed by atoms with Gasteiger partial charge in [0.15, 0.2) is 5.78 Å². The summed E-state index contributed by atoms with van der Waals surface area (Å²) in [6, 6.07) is 10.1. The van der Waals surface area contributed by atoms with E-state index in [-0.39, 0.29) is 17.3 Å². The van der Waals surface area contributed by atoms with Crippen molar-refractivity contribution in [3.05, 3.63) is 105 Å². The number of hydrogen-bond donors (Lipinski definition) is 2. The Labute approximate surface area is 217 Å². The van der Waals surface area contributed by atoms with Crippen molar-refractivity contribution < 1.29 is 15.0 Å². The second-order valence-corrected chi connectivity index (χ2v) is 10.2. The summed E-state index contributed by atoms with van der Waals surface area (Å²) in [4.78, 5) is 13.3. The van der Waals surface area contributed by atoms with E-state index in [1.54, 1.807) is 36.4 Å². The highest BCUT2D eigenvalue weighted by Crippen LogP contribution is 2.25. The summed E-state index contributed by atoms with van der Waals surface area (Å²) >= 11 is 0. The summed E-state index contributed by atoms with van der Waals surface area (Å²) in [7, 11) is 0. The summed E-state index contributed by atoms with van der Waals surface area (Å²) in [5.41, 5.74) is 7.68. The molecule has 0 aliphatic heterocycles. The minimum absolute atomic E-state index is 0.119. The minimum atomic E-state index is -0.119. The molecule has 0 fully saturated rings. The second kappa shape index (κ2) is 14.3. The molecule has 0 aliphatic rings. The predicted molar refractivity (Wildman–Crippen MR) is 152 cm³/mol. The average molecular weight is 487 g/mol. The lowest BCUT2D eigenvalue weighted by Gasteiger charge is -2.09. The van der Waals surface area contributed by atoms with Crippen molar-refractivity contribution in [1.29, 1.82) is 0 Å². The van der Waals surface area contributed by atoms with Gasteiger partial charge in [-0.2, -0.15) is 0 Å². The average Bonchev–Trinajstić information content (AvgIpc) is 2.82. The third-order valence-electron chi connectivity index (χ3n) is 6.21. The number of hydrogen-bond acceptors (Lipinski definition) is 3. The number of carbonyl (C=O) groups is 1. The molecular formula is C33H42O3. The van der Waals surface area contributed by atoms with Crippen molar-refractivity contribution in [3.8, 4) is 11.5 Å². The molecule has 2 aromatic carbocycles. The number of rotatable bonds is 12. The van der Waals surface area contributed by atoms with Crippen molar-refractivity contribution in [1.82, 2.24) is 0 Å². The van der Waals surface area contributed by atoms with E-state index in [9.17, 15) is 15.0 Å². The van der Waals surface area contributed by atoms with Gasteiger partial charge in [-0.3, -0.25) is 4.79 Å². The highest BCUT2D eigenvalue weighted by molar-refractivity contribution is 6.09. The SMILES string of the molecule is CC(C)=CCC/C(C)=C/Cc1cc(C(=O)c2ccc(O)c(C/C=C(\C)CCC=C(C)C)c2)ccc1O. The molecule has 0 aromatic heterocycles. The Morgan fingerprint density at radius 1 is 0.639 bits per heavy atom. The normalized spacial score (nSPS) is 11.8. The molecule has 0 atom stereocenters. The first-order valence-electron chi connectivity index (χ1n) is 12.8. The van der Waals surface area contributed by atoms with Crippen LogP contribution in [0, 0.1) is 0 Å². The molecule has 0 heterocycles. The molecule has 3 heteroatoms. The molecule has 36 heavy (non-hydrogen) atoms. The molecule has 2 N–H and O–H groups in total. The van der Waals surface area contributed by atoms with Crippen LogP contribution in [-0.4, -0.2) is 16.0 Å². The molecular weight excluding hydrogens is 444 g/mol. The fraction of sp³-hybridized carbons (Fsp3) is 0.364. The van der Waals surface area contributed by atoms with E-state index in [2.05, 4.69) is 65.8 Å². The topological polar surface area (TPSA) is 57.5 Å². The zero-order valence-electron chi connectivity index (χ0n) is 22.8. The molecule has 0 bridgehead atoms. The Morgan fingerprint density at radius 2 is 1.03 bits per heavy atom. The highest BCUT2D eigenvalue weighted by atomic mass is 16.3. The van der Waals surface area contributed by atoms with Gasteiger partial charge in [0.1, 0.15) is 11.5 Å². The third-order valence-corrected chi connectivity index (χ3v) is 6.21. The number of allylic oxidation sites excluding steroid dienone is 8. The van der Waals surface area contributed by atoms with Crippen molar-refractivity contribution in [2.24, 2.45) is 0 Å². The molecule has 192 valence electrons. The molecule has 0 amide bonds. The van der Waals surface area contributed by atoms with Crippen LogP contribution in [0.1, 0.15) is 94.3 Å². The van der Waals surface area contributed by atoms with Gasteiger partial charge in [-0.1, -0.05) is 46.6 Å². The first-order chi connectivity index (χ1) is 17.1. The summed E-state index contributed by atoms with van der Waals surface area (Å²) in [6.07, 6.45) is 13.8. The molecule has 2 aromatic rings. The van der Waals surface area contributed by atoms with Gasteiger partial charge in [0.2, 0.25) is 0 Å². The van der Waals surface area contributed by atoms with Crippen molar-refractivity contribution in [2.75, 3.05) is 0 Å². The van der Waals surface area contributed by atoms with E-state index in [1.165, 1.54) is 22.3 Å². The van der Waals surface area contributed by atoms with Crippen LogP contribution in [0.15, 0.2) is 83.0 Å². The van der Waals surface area contributed by atoms with Gasteiger partial charge >= 0.3 is 0 Å². The maximum Gasteiger partial charge on any atom is 0.193 e. The van der Waals surface area contributed by atoms with E-state index < -0.39 is 0 Å². The van der Waals surface area contributed by atoms with Gasteiger partial charge in [0, 0.05) is 11.1 Å². The van der Waals surface area contributed by atoms with Crippen molar-refractivity contribution in [3.63, 3.8) is 0 Å². The van der Waals surface area contributed by atoms with E-state index in [1.807, 2.05) is 0 Å². The van der Waals surface area contributed by atoms with Crippen LogP contribution in [0.25, 0.3) is 0 Å². The van der Waals surface area contributed by atoms with Gasteiger partial charge < -0.3 is 10.2 Å². The van der Waals surface area contributed by atoms with E-state index in [0.717, 1.165) is 36.8 Å². The van der Waals surface area contributed by atoms with Gasteiger partial charge in [0.25, 0.3) is 0 Å². The van der Waals surface area contributed by atoms with Crippen LogP contribution in [-0.2, 0) is 12.8 Å². The second-order valence-electron chi connectivity index (χ2n) is 10.2. The Bertz CT molecular complexity index is 1080. The minimum Gasteiger partial charge on any atom is -0.508 e. The first-order valence-corrected chi connectivity index (χ1v) is 12.8. The standard InChI is InChI=1S/C33H42O3/c1-23(2)9-7-11-25(5)13-15-27-21-29(17-19-31(27)34)33(36)30-18-20-32(35)28(22-30)16-14-26(6)12-8-10-24(3)4/h9-10,13-14,17-22,34-35H,7-8,11-12,15-16H2,1-6H3/b25-13+,26-14+. The smallest absolute Gasteiger partial charge is 0.193 e. The van der Waals surface area contributed by atoms with E-state index in [4.69, 9.17) is 0 Å². The number of aromatic hydroxyl groups is 2. The van der Waals surface area contributed by atoms with Crippen LogP contribution in [0.3, 0.4) is 0 Å². The first kappa shape index (κ1) is 28.9. The van der Waals surface area contributed by atoms with Crippen molar-refractivity contribution in [2.45, 2.75) is 80.1 Å². The Balaban J connectivity index is 2.15. The van der Waals surface area contributed by atoms with Crippen LogP contribution in [0.4, 0.5) is 0 Å². The van der Waals surface area contributed by atoms with Crippen LogP contribution in [0.5, 0.6) is 11.5 Å². The Morgan fingerprint density at radius 3 is 1.39 bits per heavy atom. The molecule has 0 unspecified atom stereocenters. The molecule has 0 spiro atoms. The summed E-state index contributed by atoms with van der Waals surface area (Å²) < 4.78 is 0. The summed E-state index contributed by atoms with van der Waals surface area (Å²) in [6.45, 7) is 12.6. The maximum atomic E-state index is 13.3. The van der Waals surface area contributed by atoms with E-state index >= 15 is 0 Å². The Hall–Kier alpha value is -3.33. The lowest BCUT2D eigenvalue weighted by molar-refractivity contribution is 0.103. The summed E-state index contributed by atoms with van der Waals surface area (Å²) in [5.74, 6) is 0.269. The molecule has 2 rings (SSSR count). The number of carbonyl (C=O) groups excluding carboxylic acids is 1. The number of phenols is 2. The van der Waals surface area contributed by atoms with Crippen LogP contribution < -0.4 is 0 Å². The monoisotopic (exact) mass is 486 g/mol. The van der Waals surface area contributed by atoms with E-state index in [0.29, 0.717) is 24.0 Å². The number of benzene rings is 2. The highest BCUT2D eigenvalue weighted by Gasteiger charge is 2.14. The molecule has 3 nitrogen and oxygen atoms in total. The zero-order chi connectivity index (χ0) is 26.7. The lowest BCUT2D eigenvalue weighted by atomic mass is 9.96. The van der Waals surface area contributed by atoms with Gasteiger partial charge in [-0.05, 0) is 128 Å². The predicted octanol–water partition coefficient (Wildman–Crippen LogP) is 8.80. The fourth-order valence-corrected chi connectivity index (χ4v) is 3.90. The lowest BCUT2D eigenvalue weighted by Crippen LogP contribution is -2.03. The largest absolute Gasteiger partial charge is 0.508 e. The van der Waals surface area contributed by atoms with Gasteiger partial charge in [0.05, 0.1) is 0 Å². The Kier molecular flexibility index (Phi) is 11.5. The quantitative estimate of drug-likeness (QED) is 0.233. The van der Waals surface area contributed by atoms with Crippen LogP contribution >= 0.6 is 0 Å². The zero-order valence-corrected chi connectivity index (χ0v) is 22.8.